The summed E-state index contributed by atoms with van der Waals surface area (Å²) in [6.45, 7) is 0.673. The van der Waals surface area contributed by atoms with Gasteiger partial charge in [0, 0.05) is 40.1 Å². The van der Waals surface area contributed by atoms with Crippen molar-refractivity contribution in [3.8, 4) is 17.3 Å². The highest BCUT2D eigenvalue weighted by molar-refractivity contribution is 6.30. The molecule has 0 fully saturated rings. The zero-order valence-corrected chi connectivity index (χ0v) is 23.6. The van der Waals surface area contributed by atoms with Crippen LogP contribution in [0.1, 0.15) is 48.8 Å². The average molecular weight is 591 g/mol. The molecular formula is C28H31ClN10O3. The highest BCUT2D eigenvalue weighted by Crippen LogP contribution is 2.34. The molecule has 1 aromatic heterocycles. The second-order valence-corrected chi connectivity index (χ2v) is 9.82. The molecule has 0 unspecified atom stereocenters. The number of aromatic amines is 1. The van der Waals surface area contributed by atoms with E-state index in [0.29, 0.717) is 57.7 Å². The zero-order chi connectivity index (χ0) is 30.1. The van der Waals surface area contributed by atoms with E-state index in [4.69, 9.17) is 28.0 Å². The number of carbonyl (C=O) groups is 2. The van der Waals surface area contributed by atoms with Crippen LogP contribution in [0.4, 0.5) is 21.9 Å². The largest absolute Gasteiger partial charge is 0.453 e. The zero-order valence-electron chi connectivity index (χ0n) is 22.9. The van der Waals surface area contributed by atoms with E-state index in [9.17, 15) is 14.9 Å². The number of imidazole rings is 1. The average Bonchev–Trinajstić information content (AvgIpc) is 3.41. The van der Waals surface area contributed by atoms with Gasteiger partial charge in [-0.05, 0) is 55.3 Å². The molecule has 0 radical (unpaired) electrons. The summed E-state index contributed by atoms with van der Waals surface area (Å²) < 4.78 is 4.69. The Balaban J connectivity index is 1.63. The Hall–Kier alpha value is -5.06. The van der Waals surface area contributed by atoms with Gasteiger partial charge in [-0.25, -0.2) is 15.6 Å². The fourth-order valence-electron chi connectivity index (χ4n) is 4.55. The second kappa shape index (κ2) is 14.0. The minimum atomic E-state index is -0.589. The van der Waals surface area contributed by atoms with Crippen LogP contribution < -0.4 is 32.6 Å². The number of hydrazone groups is 1. The van der Waals surface area contributed by atoms with Gasteiger partial charge >= 0.3 is 6.09 Å². The number of benzene rings is 2. The number of nitriles is 1. The molecule has 2 bridgehead atoms. The molecule has 4 rings (SSSR count). The van der Waals surface area contributed by atoms with E-state index in [0.717, 1.165) is 19.3 Å². The minimum absolute atomic E-state index is 0.184. The summed E-state index contributed by atoms with van der Waals surface area (Å²) in [5, 5.41) is 24.1. The number of hydrogen-bond donors (Lipinski definition) is 6. The minimum Gasteiger partial charge on any atom is -0.453 e. The molecule has 42 heavy (non-hydrogen) atoms. The van der Waals surface area contributed by atoms with Gasteiger partial charge in [0.25, 0.3) is 0 Å². The molecule has 0 aliphatic carbocycles. The third-order valence-electron chi connectivity index (χ3n) is 6.55. The lowest BCUT2D eigenvalue weighted by Crippen LogP contribution is -2.30. The molecule has 218 valence electrons. The number of hydrogen-bond acceptors (Lipinski definition) is 9. The Morgan fingerprint density at radius 3 is 2.86 bits per heavy atom. The highest BCUT2D eigenvalue weighted by atomic mass is 35.5. The Kier molecular flexibility index (Phi) is 9.99. The van der Waals surface area contributed by atoms with Crippen molar-refractivity contribution < 1.29 is 14.3 Å². The number of anilines is 3. The number of nitrogens with one attached hydrogen (secondary N) is 4. The van der Waals surface area contributed by atoms with E-state index in [-0.39, 0.29) is 11.6 Å². The van der Waals surface area contributed by atoms with Crippen molar-refractivity contribution >= 4 is 53.1 Å². The molecule has 14 heteroatoms. The summed E-state index contributed by atoms with van der Waals surface area (Å²) in [6.07, 6.45) is 6.80. The maximum atomic E-state index is 13.1. The normalized spacial score (nSPS) is 15.0. The predicted molar refractivity (Wildman–Crippen MR) is 162 cm³/mol. The van der Waals surface area contributed by atoms with Crippen molar-refractivity contribution in [3.63, 3.8) is 0 Å². The Labute approximate surface area is 247 Å². The Bertz CT molecular complexity index is 1550. The number of hydrazine groups is 1. The van der Waals surface area contributed by atoms with Gasteiger partial charge in [-0.1, -0.05) is 24.4 Å². The number of aromatic nitrogens is 2. The third-order valence-corrected chi connectivity index (χ3v) is 6.79. The van der Waals surface area contributed by atoms with Crippen LogP contribution in [-0.4, -0.2) is 42.0 Å². The topological polar surface area (TPSA) is 200 Å². The molecule has 2 heterocycles. The summed E-state index contributed by atoms with van der Waals surface area (Å²) in [5.41, 5.74) is 3.75. The molecule has 0 saturated heterocycles. The second-order valence-electron chi connectivity index (χ2n) is 9.38. The lowest BCUT2D eigenvalue weighted by atomic mass is 10.0. The number of nitrogens with zero attached hydrogens (tertiary/aromatic N) is 4. The fourth-order valence-corrected chi connectivity index (χ4v) is 4.73. The van der Waals surface area contributed by atoms with Crippen molar-refractivity contribution in [1.82, 2.24) is 15.3 Å². The van der Waals surface area contributed by atoms with Crippen LogP contribution in [0.5, 0.6) is 0 Å². The lowest BCUT2D eigenvalue weighted by Gasteiger charge is -2.18. The van der Waals surface area contributed by atoms with Crippen molar-refractivity contribution in [1.29, 1.82) is 5.26 Å². The number of H-pyrrole nitrogens is 1. The van der Waals surface area contributed by atoms with Gasteiger partial charge in [-0.2, -0.15) is 10.4 Å². The van der Waals surface area contributed by atoms with Crippen LogP contribution in [-0.2, 0) is 9.53 Å². The van der Waals surface area contributed by atoms with Crippen molar-refractivity contribution in [2.24, 2.45) is 16.8 Å². The molecule has 1 atom stereocenters. The van der Waals surface area contributed by atoms with Crippen molar-refractivity contribution in [2.45, 2.75) is 31.7 Å². The summed E-state index contributed by atoms with van der Waals surface area (Å²) >= 11 is 6.16. The molecule has 3 aromatic rings. The van der Waals surface area contributed by atoms with E-state index in [1.807, 2.05) is 0 Å². The fraction of sp³-hybridized carbons (Fsp3) is 0.250. The number of methoxy groups -OCH3 is 1. The van der Waals surface area contributed by atoms with E-state index in [2.05, 4.69) is 37.1 Å². The molecule has 0 spiro atoms. The monoisotopic (exact) mass is 590 g/mol. The summed E-state index contributed by atoms with van der Waals surface area (Å²) in [4.78, 5) is 32.6. The highest BCUT2D eigenvalue weighted by Gasteiger charge is 2.23. The molecule has 0 saturated carbocycles. The predicted octanol–water partition coefficient (Wildman–Crippen LogP) is 4.22. The van der Waals surface area contributed by atoms with Crippen LogP contribution in [0.3, 0.4) is 0 Å². The standard InChI is InChI=1S/C28H31ClN10O3/c1-42-28(41)35-19-8-9-20-22(14-19)33-12-4-2-3-5-21(27-37-23(15-30)26(20)38-27)36-25(40)11-6-17-13-18(29)7-10-24(17)39(32)16-34-31/h6-11,13-14,16,21,33H,2-5,12,31-32H2,1H3,(H,35,41)(H,36,40)(H,37,38)/b11-6+,34-16-/t21-/m0/s1. The molecule has 2 amide bonds. The first-order valence-electron chi connectivity index (χ1n) is 13.1. The molecular weight excluding hydrogens is 560 g/mol. The van der Waals surface area contributed by atoms with E-state index in [1.165, 1.54) is 24.5 Å². The molecule has 13 nitrogen and oxygen atoms in total. The van der Waals surface area contributed by atoms with E-state index < -0.39 is 12.1 Å². The number of ether oxygens (including phenoxy) is 1. The summed E-state index contributed by atoms with van der Waals surface area (Å²) in [5.74, 6) is 11.3. The molecule has 1 aliphatic rings. The summed E-state index contributed by atoms with van der Waals surface area (Å²) in [6, 6.07) is 11.9. The first kappa shape index (κ1) is 29.9. The quantitative estimate of drug-likeness (QED) is 0.0799. The van der Waals surface area contributed by atoms with Gasteiger partial charge in [-0.15, -0.1) is 0 Å². The van der Waals surface area contributed by atoms with Gasteiger partial charge in [0.2, 0.25) is 5.91 Å². The van der Waals surface area contributed by atoms with E-state index in [1.54, 1.807) is 42.5 Å². The molecule has 2 aromatic carbocycles. The van der Waals surface area contributed by atoms with Gasteiger partial charge in [0.05, 0.1) is 24.5 Å². The smallest absolute Gasteiger partial charge is 0.411 e. The number of nitrogens with two attached hydrogens (primary N) is 2. The third kappa shape index (κ3) is 7.36. The number of halogens is 1. The van der Waals surface area contributed by atoms with Gasteiger partial charge in [-0.3, -0.25) is 15.1 Å². The number of fused-ring (bicyclic) bond motifs is 4. The van der Waals surface area contributed by atoms with Crippen LogP contribution in [0.25, 0.3) is 17.3 Å². The summed E-state index contributed by atoms with van der Waals surface area (Å²) in [7, 11) is 1.29. The molecule has 1 aliphatic heterocycles. The van der Waals surface area contributed by atoms with Crippen LogP contribution in [0.2, 0.25) is 5.02 Å². The molecule has 8 N–H and O–H groups in total. The SMILES string of the molecule is COC(=O)Nc1ccc2c(c1)NCCCCC[C@H](NC(=O)/C=C/c1cc(Cl)ccc1N(N)/C=N\N)c1nc(C#N)c-2[nH]1. The van der Waals surface area contributed by atoms with Crippen molar-refractivity contribution in [3.05, 3.63) is 64.6 Å². The first-order valence-corrected chi connectivity index (χ1v) is 13.5. The van der Waals surface area contributed by atoms with Gasteiger partial charge in [0.1, 0.15) is 18.2 Å². The van der Waals surface area contributed by atoms with Gasteiger partial charge in [0.15, 0.2) is 5.69 Å². The Morgan fingerprint density at radius 1 is 1.26 bits per heavy atom. The Morgan fingerprint density at radius 2 is 2.10 bits per heavy atom. The van der Waals surface area contributed by atoms with E-state index >= 15 is 0 Å². The maximum Gasteiger partial charge on any atom is 0.411 e. The van der Waals surface area contributed by atoms with Crippen molar-refractivity contribution in [2.75, 3.05) is 29.3 Å². The van der Waals surface area contributed by atoms with Crippen LogP contribution >= 0.6 is 11.6 Å². The number of rotatable bonds is 6. The number of carbonyl (C=O) groups excluding carboxylic acids is 2. The maximum absolute atomic E-state index is 13.1. The first-order chi connectivity index (χ1) is 20.3. The van der Waals surface area contributed by atoms with Crippen LogP contribution in [0.15, 0.2) is 47.6 Å². The lowest BCUT2D eigenvalue weighted by molar-refractivity contribution is -0.117. The number of amides is 2. The van der Waals surface area contributed by atoms with Crippen LogP contribution in [0, 0.1) is 11.3 Å². The van der Waals surface area contributed by atoms with Gasteiger partial charge < -0.3 is 26.2 Å².